The minimum atomic E-state index is -4.44. The summed E-state index contributed by atoms with van der Waals surface area (Å²) in [5.41, 5.74) is -0.808. The van der Waals surface area contributed by atoms with Gasteiger partial charge in [0.05, 0.1) is 10.0 Å². The molecule has 1 saturated carbocycles. The molecule has 0 atom stereocenters. The fourth-order valence-corrected chi connectivity index (χ4v) is 2.63. The Morgan fingerprint density at radius 2 is 2.00 bits per heavy atom. The zero-order valence-electron chi connectivity index (χ0n) is 11.2. The van der Waals surface area contributed by atoms with Crippen molar-refractivity contribution >= 4 is 21.8 Å². The average molecular weight is 366 g/mol. The van der Waals surface area contributed by atoms with E-state index in [9.17, 15) is 18.0 Å². The number of hydrogen-bond acceptors (Lipinski definition) is 2. The van der Waals surface area contributed by atoms with Crippen LogP contribution in [0.3, 0.4) is 0 Å². The van der Waals surface area contributed by atoms with Crippen molar-refractivity contribution in [3.63, 3.8) is 0 Å². The van der Waals surface area contributed by atoms with Crippen molar-refractivity contribution in [2.24, 2.45) is 0 Å². The smallest absolute Gasteiger partial charge is 0.416 e. The number of nitrogens with one attached hydrogen (secondary N) is 1. The summed E-state index contributed by atoms with van der Waals surface area (Å²) in [5.74, 6) is -0.308. The van der Waals surface area contributed by atoms with Crippen LogP contribution in [0.1, 0.15) is 31.2 Å². The number of alkyl halides is 3. The van der Waals surface area contributed by atoms with E-state index in [0.29, 0.717) is 4.47 Å². The summed E-state index contributed by atoms with van der Waals surface area (Å²) in [6.07, 6.45) is -0.376. The summed E-state index contributed by atoms with van der Waals surface area (Å²) in [6, 6.07) is 3.25. The summed E-state index contributed by atoms with van der Waals surface area (Å²) >= 11 is 3.11. The van der Waals surface area contributed by atoms with Gasteiger partial charge in [0.2, 0.25) is 0 Å². The third kappa shape index (κ3) is 4.62. The first-order chi connectivity index (χ1) is 9.86. The first kappa shape index (κ1) is 16.1. The number of rotatable bonds is 4. The molecular weight excluding hydrogens is 351 g/mol. The predicted octanol–water partition coefficient (Wildman–Crippen LogP) is 3.91. The molecule has 116 valence electrons. The van der Waals surface area contributed by atoms with Crippen LogP contribution in [-0.4, -0.2) is 18.6 Å². The van der Waals surface area contributed by atoms with Crippen LogP contribution in [0.4, 0.5) is 13.2 Å². The number of ether oxygens (including phenoxy) is 1. The van der Waals surface area contributed by atoms with Crippen molar-refractivity contribution in [2.75, 3.05) is 6.61 Å². The summed E-state index contributed by atoms with van der Waals surface area (Å²) < 4.78 is 43.4. The van der Waals surface area contributed by atoms with Crippen molar-refractivity contribution in [3.05, 3.63) is 28.2 Å². The Balaban J connectivity index is 1.94. The minimum Gasteiger partial charge on any atom is -0.483 e. The number of halogens is 4. The molecule has 0 unspecified atom stereocenters. The largest absolute Gasteiger partial charge is 0.483 e. The molecule has 0 radical (unpaired) electrons. The van der Waals surface area contributed by atoms with Crippen LogP contribution in [0.25, 0.3) is 0 Å². The van der Waals surface area contributed by atoms with Crippen molar-refractivity contribution in [1.29, 1.82) is 0 Å². The van der Waals surface area contributed by atoms with E-state index in [1.54, 1.807) is 0 Å². The lowest BCUT2D eigenvalue weighted by atomic mass is 10.2. The van der Waals surface area contributed by atoms with Crippen LogP contribution in [0.5, 0.6) is 5.75 Å². The van der Waals surface area contributed by atoms with E-state index in [0.717, 1.165) is 37.8 Å². The molecule has 1 amide bonds. The molecule has 0 bridgehead atoms. The van der Waals surface area contributed by atoms with Crippen molar-refractivity contribution in [3.8, 4) is 5.75 Å². The molecule has 1 aromatic rings. The third-order valence-electron chi connectivity index (χ3n) is 3.34. The van der Waals surface area contributed by atoms with Gasteiger partial charge in [-0.05, 0) is 47.0 Å². The number of carbonyl (C=O) groups is 1. The van der Waals surface area contributed by atoms with Gasteiger partial charge in [-0.2, -0.15) is 13.2 Å². The lowest BCUT2D eigenvalue weighted by molar-refractivity contribution is -0.137. The van der Waals surface area contributed by atoms with E-state index < -0.39 is 11.7 Å². The fraction of sp³-hybridized carbons (Fsp3) is 0.500. The normalized spacial score (nSPS) is 16.0. The molecule has 1 fully saturated rings. The quantitative estimate of drug-likeness (QED) is 0.878. The molecular formula is C14H15BrF3NO2. The Bertz CT molecular complexity index is 513. The van der Waals surface area contributed by atoms with E-state index in [1.165, 1.54) is 6.07 Å². The molecule has 1 aliphatic rings. The molecule has 2 rings (SSSR count). The van der Waals surface area contributed by atoms with Gasteiger partial charge < -0.3 is 10.1 Å². The van der Waals surface area contributed by atoms with E-state index in [-0.39, 0.29) is 24.3 Å². The summed E-state index contributed by atoms with van der Waals surface area (Å²) in [6.45, 7) is -0.295. The molecule has 1 aliphatic carbocycles. The lowest BCUT2D eigenvalue weighted by Crippen LogP contribution is -2.36. The Hall–Kier alpha value is -1.24. The molecule has 7 heteroatoms. The molecule has 1 N–H and O–H groups in total. The Labute approximate surface area is 129 Å². The number of benzene rings is 1. The monoisotopic (exact) mass is 365 g/mol. The zero-order valence-corrected chi connectivity index (χ0v) is 12.8. The maximum absolute atomic E-state index is 12.6. The fourth-order valence-electron chi connectivity index (χ4n) is 2.27. The van der Waals surface area contributed by atoms with Gasteiger partial charge >= 0.3 is 6.18 Å². The molecule has 0 heterocycles. The van der Waals surface area contributed by atoms with Gasteiger partial charge in [0, 0.05) is 6.04 Å². The second-order valence-corrected chi connectivity index (χ2v) is 5.83. The van der Waals surface area contributed by atoms with E-state index in [2.05, 4.69) is 21.2 Å². The Kier molecular flexibility index (Phi) is 5.13. The number of carbonyl (C=O) groups excluding carboxylic acids is 1. The highest BCUT2D eigenvalue weighted by Crippen LogP contribution is 2.35. The van der Waals surface area contributed by atoms with Crippen LogP contribution in [0.2, 0.25) is 0 Å². The predicted molar refractivity (Wildman–Crippen MR) is 75.0 cm³/mol. The van der Waals surface area contributed by atoms with E-state index in [1.807, 2.05) is 0 Å². The molecule has 0 aromatic heterocycles. The standard InChI is InChI=1S/C14H15BrF3NO2/c15-11-6-5-9(14(16,17)18)7-12(11)21-8-13(20)19-10-3-1-2-4-10/h5-7,10H,1-4,8H2,(H,19,20). The van der Waals surface area contributed by atoms with Crippen molar-refractivity contribution < 1.29 is 22.7 Å². The van der Waals surface area contributed by atoms with Gasteiger partial charge in [-0.25, -0.2) is 0 Å². The van der Waals surface area contributed by atoms with Crippen LogP contribution in [0, 0.1) is 0 Å². The highest BCUT2D eigenvalue weighted by molar-refractivity contribution is 9.10. The summed E-state index contributed by atoms with van der Waals surface area (Å²) in [5, 5.41) is 2.81. The van der Waals surface area contributed by atoms with Crippen LogP contribution >= 0.6 is 15.9 Å². The van der Waals surface area contributed by atoms with Gasteiger partial charge in [0.1, 0.15) is 5.75 Å². The minimum absolute atomic E-state index is 0.00592. The van der Waals surface area contributed by atoms with Crippen LogP contribution in [-0.2, 0) is 11.0 Å². The van der Waals surface area contributed by atoms with Gasteiger partial charge in [-0.3, -0.25) is 4.79 Å². The highest BCUT2D eigenvalue weighted by Gasteiger charge is 2.31. The number of hydrogen-bond donors (Lipinski definition) is 1. The van der Waals surface area contributed by atoms with E-state index in [4.69, 9.17) is 4.74 Å². The van der Waals surface area contributed by atoms with Crippen LogP contribution < -0.4 is 10.1 Å². The molecule has 3 nitrogen and oxygen atoms in total. The molecule has 0 aliphatic heterocycles. The second-order valence-electron chi connectivity index (χ2n) is 4.98. The first-order valence-electron chi connectivity index (χ1n) is 6.65. The van der Waals surface area contributed by atoms with Crippen molar-refractivity contribution in [1.82, 2.24) is 5.32 Å². The second kappa shape index (κ2) is 6.68. The molecule has 0 spiro atoms. The molecule has 21 heavy (non-hydrogen) atoms. The van der Waals surface area contributed by atoms with Gasteiger partial charge in [-0.1, -0.05) is 12.8 Å². The Morgan fingerprint density at radius 3 is 2.62 bits per heavy atom. The molecule has 1 aromatic carbocycles. The average Bonchev–Trinajstić information content (AvgIpc) is 2.89. The highest BCUT2D eigenvalue weighted by atomic mass is 79.9. The van der Waals surface area contributed by atoms with Gasteiger partial charge in [0.15, 0.2) is 6.61 Å². The topological polar surface area (TPSA) is 38.3 Å². The van der Waals surface area contributed by atoms with Gasteiger partial charge in [0.25, 0.3) is 5.91 Å². The third-order valence-corrected chi connectivity index (χ3v) is 3.99. The SMILES string of the molecule is O=C(COc1cc(C(F)(F)F)ccc1Br)NC1CCCC1. The first-order valence-corrected chi connectivity index (χ1v) is 7.44. The number of amides is 1. The maximum Gasteiger partial charge on any atom is 0.416 e. The zero-order chi connectivity index (χ0) is 15.5. The lowest BCUT2D eigenvalue weighted by Gasteiger charge is -2.14. The maximum atomic E-state index is 12.6. The summed E-state index contributed by atoms with van der Waals surface area (Å²) in [4.78, 5) is 11.7. The summed E-state index contributed by atoms with van der Waals surface area (Å²) in [7, 11) is 0. The van der Waals surface area contributed by atoms with Gasteiger partial charge in [-0.15, -0.1) is 0 Å². The Morgan fingerprint density at radius 1 is 1.33 bits per heavy atom. The van der Waals surface area contributed by atoms with E-state index >= 15 is 0 Å². The van der Waals surface area contributed by atoms with Crippen LogP contribution in [0.15, 0.2) is 22.7 Å². The molecule has 0 saturated heterocycles. The van der Waals surface area contributed by atoms with Crippen molar-refractivity contribution in [2.45, 2.75) is 37.9 Å².